The van der Waals surface area contributed by atoms with E-state index in [4.69, 9.17) is 23.7 Å². The average Bonchev–Trinajstić information content (AvgIpc) is 2.52. The Morgan fingerprint density at radius 1 is 0.955 bits per heavy atom. The normalized spacial score (nSPS) is 16.5. The van der Waals surface area contributed by atoms with E-state index in [1.165, 1.54) is 7.11 Å². The predicted molar refractivity (Wildman–Crippen MR) is 79.1 cm³/mol. The summed E-state index contributed by atoms with van der Waals surface area (Å²) in [5.41, 5.74) is 0.375. The fourth-order valence-corrected chi connectivity index (χ4v) is 2.61. The predicted octanol–water partition coefficient (Wildman–Crippen LogP) is 2.76. The first-order valence-corrected chi connectivity index (χ1v) is 6.74. The molecule has 0 aromatic heterocycles. The first-order chi connectivity index (χ1) is 10.6. The molecule has 0 aliphatic carbocycles. The first kappa shape index (κ1) is 14.3. The molecule has 0 saturated heterocycles. The molecule has 3 rings (SSSR count). The number of benzene rings is 2. The van der Waals surface area contributed by atoms with E-state index in [0.29, 0.717) is 33.9 Å². The molecule has 22 heavy (non-hydrogen) atoms. The van der Waals surface area contributed by atoms with Crippen molar-refractivity contribution in [2.45, 2.75) is 13.2 Å². The highest BCUT2D eigenvalue weighted by Crippen LogP contribution is 2.47. The van der Waals surface area contributed by atoms with Gasteiger partial charge in [-0.25, -0.2) is 4.79 Å². The Morgan fingerprint density at radius 2 is 1.68 bits per heavy atom. The molecule has 2 aromatic carbocycles. The number of cyclic esters (lactones) is 1. The van der Waals surface area contributed by atoms with Crippen LogP contribution in [0.15, 0.2) is 18.2 Å². The Kier molecular flexibility index (Phi) is 3.44. The molecule has 0 amide bonds. The summed E-state index contributed by atoms with van der Waals surface area (Å²) in [4.78, 5) is 12.0. The molecule has 1 aliphatic heterocycles. The molecule has 2 aromatic rings. The van der Waals surface area contributed by atoms with Gasteiger partial charge in [0.15, 0.2) is 11.5 Å². The van der Waals surface area contributed by atoms with E-state index in [9.17, 15) is 4.79 Å². The highest BCUT2D eigenvalue weighted by molar-refractivity contribution is 6.05. The van der Waals surface area contributed by atoms with E-state index in [2.05, 4.69) is 0 Å². The SMILES string of the molecule is COc1cc2c3c(ccc2c(OC)c1OC)C(=O)OC(C)O3. The van der Waals surface area contributed by atoms with Gasteiger partial charge in [-0.15, -0.1) is 0 Å². The summed E-state index contributed by atoms with van der Waals surface area (Å²) < 4.78 is 26.9. The highest BCUT2D eigenvalue weighted by Gasteiger charge is 2.28. The second-order valence-corrected chi connectivity index (χ2v) is 4.77. The first-order valence-electron chi connectivity index (χ1n) is 6.74. The smallest absolute Gasteiger partial charge is 0.345 e. The van der Waals surface area contributed by atoms with Crippen LogP contribution in [0.3, 0.4) is 0 Å². The van der Waals surface area contributed by atoms with Crippen LogP contribution in [0.25, 0.3) is 10.8 Å². The van der Waals surface area contributed by atoms with Crippen LogP contribution < -0.4 is 18.9 Å². The molecular weight excluding hydrogens is 288 g/mol. The molecule has 1 aliphatic rings. The summed E-state index contributed by atoms with van der Waals surface area (Å²) >= 11 is 0. The third kappa shape index (κ3) is 1.99. The second kappa shape index (κ2) is 5.29. The summed E-state index contributed by atoms with van der Waals surface area (Å²) in [5.74, 6) is 1.55. The van der Waals surface area contributed by atoms with Gasteiger partial charge in [-0.3, -0.25) is 0 Å². The Bertz CT molecular complexity index is 752. The van der Waals surface area contributed by atoms with Crippen molar-refractivity contribution in [3.63, 3.8) is 0 Å². The van der Waals surface area contributed by atoms with Crippen LogP contribution in [0.1, 0.15) is 17.3 Å². The summed E-state index contributed by atoms with van der Waals surface area (Å²) in [6, 6.07) is 5.19. The maximum absolute atomic E-state index is 12.0. The molecule has 1 unspecified atom stereocenters. The Balaban J connectivity index is 2.38. The summed E-state index contributed by atoms with van der Waals surface area (Å²) in [6.45, 7) is 1.66. The third-order valence-electron chi connectivity index (χ3n) is 3.55. The zero-order valence-corrected chi connectivity index (χ0v) is 12.8. The molecule has 0 spiro atoms. The Morgan fingerprint density at radius 3 is 2.32 bits per heavy atom. The lowest BCUT2D eigenvalue weighted by Crippen LogP contribution is -2.27. The van der Waals surface area contributed by atoms with Crippen molar-refractivity contribution in [1.82, 2.24) is 0 Å². The largest absolute Gasteiger partial charge is 0.493 e. The fourth-order valence-electron chi connectivity index (χ4n) is 2.61. The molecule has 0 fully saturated rings. The maximum Gasteiger partial charge on any atom is 0.345 e. The summed E-state index contributed by atoms with van der Waals surface area (Å²) in [6.07, 6.45) is -0.648. The number of fused-ring (bicyclic) bond motifs is 3. The highest BCUT2D eigenvalue weighted by atomic mass is 16.7. The van der Waals surface area contributed by atoms with Gasteiger partial charge >= 0.3 is 5.97 Å². The zero-order valence-electron chi connectivity index (χ0n) is 12.8. The standard InChI is InChI=1S/C16H16O6/c1-8-21-13-10(16(17)22-8)6-5-9-11(13)7-12(18-2)15(20-4)14(9)19-3/h5-8H,1-4H3. The molecule has 0 bridgehead atoms. The van der Waals surface area contributed by atoms with Crippen LogP contribution in [0.4, 0.5) is 0 Å². The van der Waals surface area contributed by atoms with E-state index < -0.39 is 12.3 Å². The van der Waals surface area contributed by atoms with Crippen LogP contribution in [0.2, 0.25) is 0 Å². The Labute approximate surface area is 127 Å². The van der Waals surface area contributed by atoms with E-state index in [1.54, 1.807) is 39.3 Å². The molecule has 6 heteroatoms. The van der Waals surface area contributed by atoms with Gasteiger partial charge in [0.05, 0.1) is 21.3 Å². The second-order valence-electron chi connectivity index (χ2n) is 4.77. The van der Waals surface area contributed by atoms with Gasteiger partial charge in [-0.05, 0) is 18.2 Å². The van der Waals surface area contributed by atoms with Crippen molar-refractivity contribution in [2.24, 2.45) is 0 Å². The van der Waals surface area contributed by atoms with E-state index in [-0.39, 0.29) is 0 Å². The van der Waals surface area contributed by atoms with Gasteiger partial charge < -0.3 is 23.7 Å². The van der Waals surface area contributed by atoms with E-state index in [1.807, 2.05) is 0 Å². The lowest BCUT2D eigenvalue weighted by atomic mass is 10.0. The van der Waals surface area contributed by atoms with Gasteiger partial charge in [-0.2, -0.15) is 0 Å². The lowest BCUT2D eigenvalue weighted by molar-refractivity contribution is -0.0480. The van der Waals surface area contributed by atoms with Crippen molar-refractivity contribution >= 4 is 16.7 Å². The number of ether oxygens (including phenoxy) is 5. The quantitative estimate of drug-likeness (QED) is 0.813. The van der Waals surface area contributed by atoms with Crippen molar-refractivity contribution in [3.05, 3.63) is 23.8 Å². The minimum atomic E-state index is -0.648. The minimum absolute atomic E-state index is 0.375. The van der Waals surface area contributed by atoms with E-state index in [0.717, 1.165) is 5.39 Å². The molecule has 116 valence electrons. The van der Waals surface area contributed by atoms with Crippen molar-refractivity contribution in [1.29, 1.82) is 0 Å². The van der Waals surface area contributed by atoms with Crippen molar-refractivity contribution in [2.75, 3.05) is 21.3 Å². The topological polar surface area (TPSA) is 63.2 Å². The summed E-state index contributed by atoms with van der Waals surface area (Å²) in [5, 5.41) is 1.47. The number of esters is 1. The molecule has 0 N–H and O–H groups in total. The van der Waals surface area contributed by atoms with Crippen molar-refractivity contribution < 1.29 is 28.5 Å². The van der Waals surface area contributed by atoms with Crippen LogP contribution in [0.5, 0.6) is 23.0 Å². The molecule has 6 nitrogen and oxygen atoms in total. The van der Waals surface area contributed by atoms with Crippen molar-refractivity contribution in [3.8, 4) is 23.0 Å². The van der Waals surface area contributed by atoms with Crippen LogP contribution in [0, 0.1) is 0 Å². The van der Waals surface area contributed by atoms with Gasteiger partial charge in [0.2, 0.25) is 12.0 Å². The fraction of sp³-hybridized carbons (Fsp3) is 0.312. The van der Waals surface area contributed by atoms with Gasteiger partial charge in [0.25, 0.3) is 0 Å². The zero-order chi connectivity index (χ0) is 15.9. The molecule has 0 radical (unpaired) electrons. The summed E-state index contributed by atoms with van der Waals surface area (Å²) in [7, 11) is 4.63. The van der Waals surface area contributed by atoms with Crippen LogP contribution >= 0.6 is 0 Å². The number of rotatable bonds is 3. The number of hydrogen-bond acceptors (Lipinski definition) is 6. The molecular formula is C16H16O6. The van der Waals surface area contributed by atoms with E-state index >= 15 is 0 Å². The number of carbonyl (C=O) groups is 1. The van der Waals surface area contributed by atoms with Gasteiger partial charge in [0.1, 0.15) is 11.3 Å². The number of hydrogen-bond donors (Lipinski definition) is 0. The van der Waals surface area contributed by atoms with Gasteiger partial charge in [0, 0.05) is 17.7 Å². The van der Waals surface area contributed by atoms with Crippen LogP contribution in [-0.4, -0.2) is 33.6 Å². The molecule has 1 heterocycles. The Hall–Kier alpha value is -2.63. The number of carbonyl (C=O) groups excluding carboxylic acids is 1. The lowest BCUT2D eigenvalue weighted by Gasteiger charge is -2.25. The number of methoxy groups -OCH3 is 3. The monoisotopic (exact) mass is 304 g/mol. The maximum atomic E-state index is 12.0. The van der Waals surface area contributed by atoms with Gasteiger partial charge in [-0.1, -0.05) is 0 Å². The third-order valence-corrected chi connectivity index (χ3v) is 3.55. The van der Waals surface area contributed by atoms with Crippen LogP contribution in [-0.2, 0) is 4.74 Å². The minimum Gasteiger partial charge on any atom is -0.493 e. The molecule has 1 atom stereocenters. The average molecular weight is 304 g/mol. The molecule has 0 saturated carbocycles.